The SMILES string of the molecule is C=CCC1CCC(CCC(=O)c2cc3cc(OC)ccc3[nH]2)C1. The van der Waals surface area contributed by atoms with Crippen LogP contribution in [0.1, 0.15) is 49.0 Å². The summed E-state index contributed by atoms with van der Waals surface area (Å²) in [6.07, 6.45) is 8.59. The number of ether oxygens (including phenoxy) is 1. The monoisotopic (exact) mass is 311 g/mol. The molecule has 2 atom stereocenters. The van der Waals surface area contributed by atoms with Gasteiger partial charge >= 0.3 is 0 Å². The van der Waals surface area contributed by atoms with Crippen LogP contribution in [0.15, 0.2) is 36.9 Å². The van der Waals surface area contributed by atoms with Crippen molar-refractivity contribution in [3.05, 3.63) is 42.6 Å². The number of hydrogen-bond acceptors (Lipinski definition) is 2. The van der Waals surface area contributed by atoms with Crippen molar-refractivity contribution < 1.29 is 9.53 Å². The van der Waals surface area contributed by atoms with Crippen LogP contribution in [0.4, 0.5) is 0 Å². The highest BCUT2D eigenvalue weighted by Gasteiger charge is 2.24. The minimum atomic E-state index is 0.215. The van der Waals surface area contributed by atoms with Crippen LogP contribution in [0.3, 0.4) is 0 Å². The van der Waals surface area contributed by atoms with Crippen molar-refractivity contribution >= 4 is 16.7 Å². The van der Waals surface area contributed by atoms with Gasteiger partial charge in [0.2, 0.25) is 0 Å². The lowest BCUT2D eigenvalue weighted by atomic mass is 9.96. The van der Waals surface area contributed by atoms with Crippen LogP contribution >= 0.6 is 0 Å². The van der Waals surface area contributed by atoms with Crippen molar-refractivity contribution in [2.75, 3.05) is 7.11 Å². The molecule has 1 aromatic carbocycles. The molecule has 3 nitrogen and oxygen atoms in total. The molecule has 0 aliphatic heterocycles. The average molecular weight is 311 g/mol. The Hall–Kier alpha value is -2.03. The predicted molar refractivity (Wildman–Crippen MR) is 94.1 cm³/mol. The Kier molecular flexibility index (Phi) is 4.85. The van der Waals surface area contributed by atoms with Crippen molar-refractivity contribution in [3.63, 3.8) is 0 Å². The molecule has 122 valence electrons. The van der Waals surface area contributed by atoms with Gasteiger partial charge in [0, 0.05) is 17.3 Å². The minimum absolute atomic E-state index is 0.215. The van der Waals surface area contributed by atoms with E-state index in [1.165, 1.54) is 19.3 Å². The van der Waals surface area contributed by atoms with Gasteiger partial charge in [-0.2, -0.15) is 0 Å². The first-order chi connectivity index (χ1) is 11.2. The van der Waals surface area contributed by atoms with Crippen molar-refractivity contribution in [3.8, 4) is 5.75 Å². The fourth-order valence-corrected chi connectivity index (χ4v) is 3.75. The molecule has 0 amide bonds. The van der Waals surface area contributed by atoms with Gasteiger partial charge in [0.1, 0.15) is 5.75 Å². The van der Waals surface area contributed by atoms with Gasteiger partial charge in [0.25, 0.3) is 0 Å². The van der Waals surface area contributed by atoms with E-state index in [9.17, 15) is 4.79 Å². The molecule has 1 N–H and O–H groups in total. The van der Waals surface area contributed by atoms with E-state index in [1.807, 2.05) is 30.3 Å². The number of rotatable bonds is 7. The van der Waals surface area contributed by atoms with Crippen LogP contribution in [-0.4, -0.2) is 17.9 Å². The third-order valence-electron chi connectivity index (χ3n) is 5.06. The standard InChI is InChI=1S/C20H25NO2/c1-3-4-14-5-6-15(11-14)7-10-20(22)19-13-16-12-17(23-2)8-9-18(16)21-19/h3,8-9,12-15,21H,1,4-7,10-11H2,2H3. The topological polar surface area (TPSA) is 42.1 Å². The fraction of sp³-hybridized carbons (Fsp3) is 0.450. The van der Waals surface area contributed by atoms with Crippen molar-refractivity contribution in [2.24, 2.45) is 11.8 Å². The smallest absolute Gasteiger partial charge is 0.179 e. The molecular weight excluding hydrogens is 286 g/mol. The number of benzene rings is 1. The summed E-state index contributed by atoms with van der Waals surface area (Å²) in [5.74, 6) is 2.52. The Morgan fingerprint density at radius 3 is 2.96 bits per heavy atom. The molecule has 2 unspecified atom stereocenters. The molecular formula is C20H25NO2. The zero-order chi connectivity index (χ0) is 16.2. The third kappa shape index (κ3) is 3.66. The maximum Gasteiger partial charge on any atom is 0.179 e. The van der Waals surface area contributed by atoms with Gasteiger partial charge in [-0.05, 0) is 61.8 Å². The zero-order valence-corrected chi connectivity index (χ0v) is 13.8. The Balaban J connectivity index is 1.59. The van der Waals surface area contributed by atoms with Crippen LogP contribution in [-0.2, 0) is 0 Å². The molecule has 0 saturated heterocycles. The van der Waals surface area contributed by atoms with Gasteiger partial charge < -0.3 is 9.72 Å². The van der Waals surface area contributed by atoms with Crippen LogP contribution in [0.25, 0.3) is 10.9 Å². The molecule has 1 aliphatic rings. The molecule has 1 heterocycles. The van der Waals surface area contributed by atoms with Gasteiger partial charge in [-0.3, -0.25) is 4.79 Å². The number of nitrogens with one attached hydrogen (secondary N) is 1. The number of allylic oxidation sites excluding steroid dienone is 1. The first kappa shape index (κ1) is 15.9. The number of H-pyrrole nitrogens is 1. The van der Waals surface area contributed by atoms with E-state index in [4.69, 9.17) is 4.74 Å². The summed E-state index contributed by atoms with van der Waals surface area (Å²) >= 11 is 0. The second-order valence-electron chi connectivity index (χ2n) is 6.67. The molecule has 1 saturated carbocycles. The van der Waals surface area contributed by atoms with Crippen LogP contribution in [0, 0.1) is 11.8 Å². The van der Waals surface area contributed by atoms with Gasteiger partial charge in [-0.15, -0.1) is 6.58 Å². The third-order valence-corrected chi connectivity index (χ3v) is 5.06. The molecule has 3 rings (SSSR count). The second-order valence-corrected chi connectivity index (χ2v) is 6.67. The van der Waals surface area contributed by atoms with E-state index in [2.05, 4.69) is 11.6 Å². The van der Waals surface area contributed by atoms with Gasteiger partial charge in [-0.25, -0.2) is 0 Å². The normalized spacial score (nSPS) is 20.7. The lowest BCUT2D eigenvalue weighted by Crippen LogP contribution is -2.04. The minimum Gasteiger partial charge on any atom is -0.497 e. The van der Waals surface area contributed by atoms with Gasteiger partial charge in [0.15, 0.2) is 5.78 Å². The van der Waals surface area contributed by atoms with Crippen molar-refractivity contribution in [1.29, 1.82) is 0 Å². The Bertz CT molecular complexity index is 701. The van der Waals surface area contributed by atoms with E-state index < -0.39 is 0 Å². The molecule has 2 aromatic rings. The summed E-state index contributed by atoms with van der Waals surface area (Å²) in [6, 6.07) is 7.77. The van der Waals surface area contributed by atoms with Crippen LogP contribution < -0.4 is 4.74 Å². The van der Waals surface area contributed by atoms with Crippen LogP contribution in [0.2, 0.25) is 0 Å². The molecule has 3 heteroatoms. The lowest BCUT2D eigenvalue weighted by Gasteiger charge is -2.09. The number of Topliss-reactive ketones (excluding diaryl/α,β-unsaturated/α-hetero) is 1. The Morgan fingerprint density at radius 1 is 1.35 bits per heavy atom. The number of aromatic amines is 1. The summed E-state index contributed by atoms with van der Waals surface area (Å²) in [5.41, 5.74) is 1.70. The molecule has 1 aromatic heterocycles. The molecule has 1 aliphatic carbocycles. The highest BCUT2D eigenvalue weighted by atomic mass is 16.5. The quantitative estimate of drug-likeness (QED) is 0.569. The molecule has 0 radical (unpaired) electrons. The number of aromatic nitrogens is 1. The van der Waals surface area contributed by atoms with Crippen molar-refractivity contribution in [1.82, 2.24) is 4.98 Å². The maximum absolute atomic E-state index is 12.5. The summed E-state index contributed by atoms with van der Waals surface area (Å²) in [7, 11) is 1.65. The number of ketones is 1. The maximum atomic E-state index is 12.5. The van der Waals surface area contributed by atoms with E-state index in [1.54, 1.807) is 7.11 Å². The number of methoxy groups -OCH3 is 1. The number of carbonyl (C=O) groups excluding carboxylic acids is 1. The van der Waals surface area contributed by atoms with Crippen molar-refractivity contribution in [2.45, 2.75) is 38.5 Å². The number of carbonyl (C=O) groups is 1. The van der Waals surface area contributed by atoms with Gasteiger partial charge in [0.05, 0.1) is 12.8 Å². The first-order valence-electron chi connectivity index (χ1n) is 8.50. The van der Waals surface area contributed by atoms with Crippen LogP contribution in [0.5, 0.6) is 5.75 Å². The summed E-state index contributed by atoms with van der Waals surface area (Å²) in [4.78, 5) is 15.7. The number of hydrogen-bond donors (Lipinski definition) is 1. The van der Waals surface area contributed by atoms with E-state index in [-0.39, 0.29) is 5.78 Å². The zero-order valence-electron chi connectivity index (χ0n) is 13.8. The number of fused-ring (bicyclic) bond motifs is 1. The first-order valence-corrected chi connectivity index (χ1v) is 8.50. The Morgan fingerprint density at radius 2 is 2.17 bits per heavy atom. The van der Waals surface area contributed by atoms with E-state index in [0.29, 0.717) is 18.0 Å². The fourth-order valence-electron chi connectivity index (χ4n) is 3.75. The highest BCUT2D eigenvalue weighted by Crippen LogP contribution is 2.36. The Labute approximate surface area is 137 Å². The molecule has 1 fully saturated rings. The summed E-state index contributed by atoms with van der Waals surface area (Å²) in [6.45, 7) is 3.83. The second kappa shape index (κ2) is 7.03. The lowest BCUT2D eigenvalue weighted by molar-refractivity contribution is 0.0969. The highest BCUT2D eigenvalue weighted by molar-refractivity contribution is 5.99. The van der Waals surface area contributed by atoms with Gasteiger partial charge in [-0.1, -0.05) is 12.5 Å². The average Bonchev–Trinajstić information content (AvgIpc) is 3.18. The molecule has 0 bridgehead atoms. The largest absolute Gasteiger partial charge is 0.497 e. The molecule has 0 spiro atoms. The van der Waals surface area contributed by atoms with E-state index in [0.717, 1.165) is 35.4 Å². The molecule has 23 heavy (non-hydrogen) atoms. The summed E-state index contributed by atoms with van der Waals surface area (Å²) < 4.78 is 5.23. The summed E-state index contributed by atoms with van der Waals surface area (Å²) in [5, 5.41) is 1.03. The predicted octanol–water partition coefficient (Wildman–Crippen LogP) is 5.13. The van der Waals surface area contributed by atoms with E-state index >= 15 is 0 Å².